The van der Waals surface area contributed by atoms with Gasteiger partial charge in [-0.05, 0) is 13.8 Å². The van der Waals surface area contributed by atoms with Crippen LogP contribution in [0.3, 0.4) is 0 Å². The maximum atomic E-state index is 9.09. The molecular weight excluding hydrogens is 354 g/mol. The molecule has 0 radical (unpaired) electrons. The first-order valence-corrected chi connectivity index (χ1v) is 9.01. The Hall–Kier alpha value is -2.13. The van der Waals surface area contributed by atoms with Crippen LogP contribution < -0.4 is 14.4 Å². The van der Waals surface area contributed by atoms with Gasteiger partial charge in [0, 0.05) is 19.2 Å². The van der Waals surface area contributed by atoms with E-state index in [9.17, 15) is 0 Å². The predicted molar refractivity (Wildman–Crippen MR) is 90.7 cm³/mol. The van der Waals surface area contributed by atoms with Crippen LogP contribution in [-0.2, 0) is 15.1 Å². The number of nitrogens with zero attached hydrogens (tertiary/aromatic N) is 3. The van der Waals surface area contributed by atoms with E-state index in [1.807, 2.05) is 19.9 Å². The largest absolute Gasteiger partial charge is 0.491 e. The summed E-state index contributed by atoms with van der Waals surface area (Å²) < 4.78 is 48.1. The van der Waals surface area contributed by atoms with E-state index in [0.717, 1.165) is 18.8 Å². The average molecular weight is 376 g/mol. The summed E-state index contributed by atoms with van der Waals surface area (Å²) in [5.74, 6) is 1.26. The molecular formula is C14H22N3O7S+. The van der Waals surface area contributed by atoms with Gasteiger partial charge in [0.05, 0.1) is 38.2 Å². The summed E-state index contributed by atoms with van der Waals surface area (Å²) in [5.41, 5.74) is 1.33. The van der Waals surface area contributed by atoms with Crippen molar-refractivity contribution in [2.45, 2.75) is 13.8 Å². The molecule has 0 bridgehead atoms. The molecule has 140 valence electrons. The number of rotatable bonds is 5. The lowest BCUT2D eigenvalue weighted by Crippen LogP contribution is -2.36. The van der Waals surface area contributed by atoms with E-state index < -0.39 is 10.4 Å². The molecule has 0 aliphatic carbocycles. The zero-order valence-electron chi connectivity index (χ0n) is 14.1. The quantitative estimate of drug-likeness (QED) is 0.585. The summed E-state index contributed by atoms with van der Waals surface area (Å²) in [7, 11) is -4.67. The summed E-state index contributed by atoms with van der Waals surface area (Å²) in [6.45, 7) is 7.89. The molecule has 1 aliphatic heterocycles. The SMILES string of the molecule is CCOc1cc(N2CCOCC2)c(OCC)cc1[N+]#N.O=S(=O)(O)O. The molecule has 25 heavy (non-hydrogen) atoms. The molecule has 1 saturated heterocycles. The van der Waals surface area contributed by atoms with E-state index in [1.54, 1.807) is 6.07 Å². The van der Waals surface area contributed by atoms with Gasteiger partial charge in [0.2, 0.25) is 11.1 Å². The fraction of sp³-hybridized carbons (Fsp3) is 0.571. The number of benzene rings is 1. The number of ether oxygens (including phenoxy) is 3. The minimum Gasteiger partial charge on any atom is -0.491 e. The third kappa shape index (κ3) is 7.53. The second-order valence-electron chi connectivity index (χ2n) is 4.80. The third-order valence-electron chi connectivity index (χ3n) is 3.10. The Bertz CT molecular complexity index is 689. The van der Waals surface area contributed by atoms with Gasteiger partial charge in [0.15, 0.2) is 10.7 Å². The Balaban J connectivity index is 0.000000550. The maximum absolute atomic E-state index is 9.09. The van der Waals surface area contributed by atoms with Crippen LogP contribution in [0.25, 0.3) is 4.98 Å². The molecule has 0 unspecified atom stereocenters. The lowest BCUT2D eigenvalue weighted by molar-refractivity contribution is 0.122. The monoisotopic (exact) mass is 376 g/mol. The molecule has 0 spiro atoms. The van der Waals surface area contributed by atoms with Crippen molar-refractivity contribution in [1.29, 1.82) is 5.39 Å². The molecule has 0 atom stereocenters. The van der Waals surface area contributed by atoms with Crippen LogP contribution in [0.5, 0.6) is 11.5 Å². The van der Waals surface area contributed by atoms with Gasteiger partial charge < -0.3 is 19.1 Å². The summed E-state index contributed by atoms with van der Waals surface area (Å²) in [6.07, 6.45) is 0. The molecule has 10 nitrogen and oxygen atoms in total. The van der Waals surface area contributed by atoms with Gasteiger partial charge in [-0.1, -0.05) is 0 Å². The predicted octanol–water partition coefficient (Wildman–Crippen LogP) is 2.15. The van der Waals surface area contributed by atoms with Crippen LogP contribution in [0.4, 0.5) is 11.4 Å². The molecule has 1 fully saturated rings. The zero-order valence-corrected chi connectivity index (χ0v) is 14.9. The van der Waals surface area contributed by atoms with Crippen LogP contribution in [0, 0.1) is 5.39 Å². The fourth-order valence-corrected chi connectivity index (χ4v) is 2.21. The van der Waals surface area contributed by atoms with Crippen molar-refractivity contribution >= 4 is 21.8 Å². The van der Waals surface area contributed by atoms with Gasteiger partial charge >= 0.3 is 16.1 Å². The molecule has 1 aliphatic rings. The minimum atomic E-state index is -4.67. The summed E-state index contributed by atoms with van der Waals surface area (Å²) in [5, 5.41) is 9.09. The van der Waals surface area contributed by atoms with Gasteiger partial charge in [0.1, 0.15) is 0 Å². The van der Waals surface area contributed by atoms with Gasteiger partial charge in [0.25, 0.3) is 0 Å². The normalized spacial score (nSPS) is 14.1. The van der Waals surface area contributed by atoms with Gasteiger partial charge in [-0.25, -0.2) is 0 Å². The standard InChI is InChI=1S/C14H20N3O3.H2O4S/c1-3-19-13-10-12(17-5-7-18-8-6-17)14(20-4-2)9-11(13)16-15;1-5(2,3)4/h9-10H,3-8H2,1-2H3;(H2,1,2,3,4)/q+1;. The van der Waals surface area contributed by atoms with E-state index in [4.69, 9.17) is 37.1 Å². The zero-order chi connectivity index (χ0) is 18.9. The maximum Gasteiger partial charge on any atom is 0.430 e. The minimum absolute atomic E-state index is 0.382. The Kier molecular flexibility index (Phi) is 8.36. The number of morpholine rings is 1. The average Bonchev–Trinajstić information content (AvgIpc) is 2.55. The second kappa shape index (κ2) is 10.00. The van der Waals surface area contributed by atoms with Crippen molar-refractivity contribution in [2.24, 2.45) is 0 Å². The van der Waals surface area contributed by atoms with Crippen molar-refractivity contribution in [3.63, 3.8) is 0 Å². The molecule has 11 heteroatoms. The van der Waals surface area contributed by atoms with Crippen LogP contribution in [0.1, 0.15) is 13.8 Å². The van der Waals surface area contributed by atoms with Gasteiger partial charge in [-0.2, -0.15) is 8.42 Å². The Morgan fingerprint density at radius 3 is 2.16 bits per heavy atom. The second-order valence-corrected chi connectivity index (χ2v) is 5.70. The molecule has 0 saturated carbocycles. The number of hydrogen-bond donors (Lipinski definition) is 2. The van der Waals surface area contributed by atoms with Crippen LogP contribution in [0.15, 0.2) is 12.1 Å². The Morgan fingerprint density at radius 2 is 1.68 bits per heavy atom. The topological polar surface area (TPSA) is 134 Å². The van der Waals surface area contributed by atoms with E-state index in [0.29, 0.717) is 43.6 Å². The van der Waals surface area contributed by atoms with E-state index >= 15 is 0 Å². The highest BCUT2D eigenvalue weighted by Gasteiger charge is 2.24. The third-order valence-corrected chi connectivity index (χ3v) is 3.10. The molecule has 2 N–H and O–H groups in total. The molecule has 0 aromatic heterocycles. The summed E-state index contributed by atoms with van der Waals surface area (Å²) in [6, 6.07) is 3.58. The van der Waals surface area contributed by atoms with Gasteiger partial charge in [-0.3, -0.25) is 9.11 Å². The number of anilines is 1. The Morgan fingerprint density at radius 1 is 1.16 bits per heavy atom. The molecule has 1 aromatic carbocycles. The smallest absolute Gasteiger partial charge is 0.430 e. The van der Waals surface area contributed by atoms with Crippen LogP contribution in [-0.4, -0.2) is 57.0 Å². The summed E-state index contributed by atoms with van der Waals surface area (Å²) in [4.78, 5) is 5.46. The van der Waals surface area contributed by atoms with Crippen molar-refractivity contribution < 1.29 is 31.7 Å². The lowest BCUT2D eigenvalue weighted by Gasteiger charge is -2.30. The molecule has 0 amide bonds. The van der Waals surface area contributed by atoms with Gasteiger partial charge in [-0.15, -0.1) is 0 Å². The number of diazo groups is 1. The summed E-state index contributed by atoms with van der Waals surface area (Å²) >= 11 is 0. The molecule has 2 rings (SSSR count). The van der Waals surface area contributed by atoms with E-state index in [1.165, 1.54) is 0 Å². The van der Waals surface area contributed by atoms with Crippen LogP contribution >= 0.6 is 0 Å². The molecule has 1 aromatic rings. The first-order valence-electron chi connectivity index (χ1n) is 7.61. The van der Waals surface area contributed by atoms with Crippen LogP contribution in [0.2, 0.25) is 0 Å². The van der Waals surface area contributed by atoms with E-state index in [-0.39, 0.29) is 0 Å². The Labute approximate surface area is 146 Å². The highest BCUT2D eigenvalue weighted by atomic mass is 32.3. The van der Waals surface area contributed by atoms with Crippen molar-refractivity contribution in [2.75, 3.05) is 44.4 Å². The number of hydrogen-bond acceptors (Lipinski definition) is 7. The first-order chi connectivity index (χ1) is 11.8. The first kappa shape index (κ1) is 20.9. The fourth-order valence-electron chi connectivity index (χ4n) is 2.21. The van der Waals surface area contributed by atoms with Crippen molar-refractivity contribution in [3.05, 3.63) is 17.1 Å². The lowest BCUT2D eigenvalue weighted by atomic mass is 10.2. The highest BCUT2D eigenvalue weighted by Crippen LogP contribution is 2.40. The van der Waals surface area contributed by atoms with Crippen molar-refractivity contribution in [1.82, 2.24) is 0 Å². The van der Waals surface area contributed by atoms with E-state index in [2.05, 4.69) is 9.88 Å². The molecule has 1 heterocycles. The highest BCUT2D eigenvalue weighted by molar-refractivity contribution is 7.79. The van der Waals surface area contributed by atoms with Crippen molar-refractivity contribution in [3.8, 4) is 11.5 Å².